The van der Waals surface area contributed by atoms with Crippen molar-refractivity contribution in [3.8, 4) is 0 Å². The minimum atomic E-state index is 0.646. The van der Waals surface area contributed by atoms with E-state index >= 15 is 0 Å². The van der Waals surface area contributed by atoms with Crippen molar-refractivity contribution in [2.24, 2.45) is 0 Å². The summed E-state index contributed by atoms with van der Waals surface area (Å²) in [5, 5.41) is 0. The molecular weight excluding hydrogens is 302 g/mol. The van der Waals surface area contributed by atoms with Crippen molar-refractivity contribution >= 4 is 6.08 Å². The second-order valence-corrected chi connectivity index (χ2v) is 7.11. The van der Waals surface area contributed by atoms with E-state index in [-0.39, 0.29) is 0 Å². The first-order chi connectivity index (χ1) is 12.3. The van der Waals surface area contributed by atoms with Crippen molar-refractivity contribution < 1.29 is 0 Å². The van der Waals surface area contributed by atoms with E-state index in [1.165, 1.54) is 42.4 Å². The van der Waals surface area contributed by atoms with Gasteiger partial charge in [-0.15, -0.1) is 0 Å². The highest BCUT2D eigenvalue weighted by atomic mass is 15.1. The van der Waals surface area contributed by atoms with Gasteiger partial charge in [-0.05, 0) is 55.5 Å². The van der Waals surface area contributed by atoms with Gasteiger partial charge in [0.05, 0.1) is 0 Å². The van der Waals surface area contributed by atoms with Gasteiger partial charge in [0, 0.05) is 6.04 Å². The van der Waals surface area contributed by atoms with Gasteiger partial charge in [0.1, 0.15) is 0 Å². The van der Waals surface area contributed by atoms with Gasteiger partial charge < -0.3 is 0 Å². The van der Waals surface area contributed by atoms with E-state index in [1.807, 2.05) is 0 Å². The molecule has 132 valence electrons. The maximum Gasteiger partial charge on any atom is 0.0310 e. The molecule has 1 heteroatoms. The molecule has 0 spiro atoms. The fourth-order valence-electron chi connectivity index (χ4n) is 4.05. The van der Waals surface area contributed by atoms with Crippen LogP contribution in [0.25, 0.3) is 6.08 Å². The molecule has 1 aliphatic rings. The molecule has 1 saturated carbocycles. The summed E-state index contributed by atoms with van der Waals surface area (Å²) >= 11 is 0. The molecule has 0 aromatic heterocycles. The number of hydrogen-bond acceptors (Lipinski definition) is 1. The maximum atomic E-state index is 2.62. The van der Waals surface area contributed by atoms with Crippen molar-refractivity contribution in [3.05, 3.63) is 76.9 Å². The standard InChI is InChI=1S/C24H31N/c1-3-25(4-2)24-13-9-8-12-23(24)19-22-16-14-21(15-17-22)18-20-10-6-5-7-11-20/h5-7,10-11,14-17,19,24H,3-4,8-9,12-13,18H2,1-2H3. The first kappa shape index (κ1) is 17.9. The predicted octanol–water partition coefficient (Wildman–Crippen LogP) is 5.95. The highest BCUT2D eigenvalue weighted by molar-refractivity contribution is 5.55. The Morgan fingerprint density at radius 1 is 0.880 bits per heavy atom. The lowest BCUT2D eigenvalue weighted by Crippen LogP contribution is -2.38. The molecule has 0 aliphatic heterocycles. The Morgan fingerprint density at radius 3 is 2.24 bits per heavy atom. The zero-order valence-electron chi connectivity index (χ0n) is 15.7. The van der Waals surface area contributed by atoms with Gasteiger partial charge >= 0.3 is 0 Å². The molecule has 0 amide bonds. The maximum absolute atomic E-state index is 2.62. The van der Waals surface area contributed by atoms with E-state index < -0.39 is 0 Å². The van der Waals surface area contributed by atoms with Crippen LogP contribution in [0.5, 0.6) is 0 Å². The lowest BCUT2D eigenvalue weighted by Gasteiger charge is -2.35. The van der Waals surface area contributed by atoms with E-state index in [1.54, 1.807) is 5.57 Å². The zero-order chi connectivity index (χ0) is 17.5. The first-order valence-corrected chi connectivity index (χ1v) is 9.87. The Labute approximate surface area is 153 Å². The van der Waals surface area contributed by atoms with Gasteiger partial charge in [0.2, 0.25) is 0 Å². The number of likely N-dealkylation sites (N-methyl/N-ethyl adjacent to an activating group) is 1. The third-order valence-electron chi connectivity index (χ3n) is 5.46. The zero-order valence-corrected chi connectivity index (χ0v) is 15.7. The van der Waals surface area contributed by atoms with Crippen LogP contribution in [-0.4, -0.2) is 24.0 Å². The average molecular weight is 334 g/mol. The molecule has 0 bridgehead atoms. The van der Waals surface area contributed by atoms with Crippen LogP contribution in [0.3, 0.4) is 0 Å². The third kappa shape index (κ3) is 4.83. The summed E-state index contributed by atoms with van der Waals surface area (Å²) in [6.07, 6.45) is 8.75. The van der Waals surface area contributed by atoms with Gasteiger partial charge in [0.25, 0.3) is 0 Å². The minimum absolute atomic E-state index is 0.646. The van der Waals surface area contributed by atoms with Crippen LogP contribution in [0.1, 0.15) is 56.2 Å². The quantitative estimate of drug-likeness (QED) is 0.632. The summed E-state index contributed by atoms with van der Waals surface area (Å²) in [5.41, 5.74) is 5.75. The number of rotatable bonds is 6. The minimum Gasteiger partial charge on any atom is -0.297 e. The summed E-state index contributed by atoms with van der Waals surface area (Å²) < 4.78 is 0. The molecule has 1 atom stereocenters. The summed E-state index contributed by atoms with van der Waals surface area (Å²) in [6, 6.07) is 20.5. The van der Waals surface area contributed by atoms with E-state index in [0.717, 1.165) is 19.5 Å². The van der Waals surface area contributed by atoms with E-state index in [2.05, 4.69) is 79.4 Å². The smallest absolute Gasteiger partial charge is 0.0310 e. The molecule has 1 unspecified atom stereocenters. The molecule has 25 heavy (non-hydrogen) atoms. The van der Waals surface area contributed by atoms with Crippen molar-refractivity contribution in [2.45, 2.75) is 52.0 Å². The fraction of sp³-hybridized carbons (Fsp3) is 0.417. The van der Waals surface area contributed by atoms with Gasteiger partial charge in [-0.25, -0.2) is 0 Å². The SMILES string of the molecule is CCN(CC)C1CCCCC1=Cc1ccc(Cc2ccccc2)cc1. The molecule has 3 rings (SSSR count). The second-order valence-electron chi connectivity index (χ2n) is 7.11. The summed E-state index contributed by atoms with van der Waals surface area (Å²) in [4.78, 5) is 2.62. The predicted molar refractivity (Wildman–Crippen MR) is 109 cm³/mol. The Bertz CT molecular complexity index is 665. The lowest BCUT2D eigenvalue weighted by atomic mass is 9.87. The van der Waals surface area contributed by atoms with E-state index in [4.69, 9.17) is 0 Å². The monoisotopic (exact) mass is 333 g/mol. The molecule has 1 nitrogen and oxygen atoms in total. The van der Waals surface area contributed by atoms with Crippen LogP contribution in [0.2, 0.25) is 0 Å². The normalized spacial score (nSPS) is 19.5. The highest BCUT2D eigenvalue weighted by Gasteiger charge is 2.23. The van der Waals surface area contributed by atoms with Crippen LogP contribution in [-0.2, 0) is 6.42 Å². The second kappa shape index (κ2) is 9.01. The van der Waals surface area contributed by atoms with Gasteiger partial charge in [-0.1, -0.05) is 86.5 Å². The Kier molecular flexibility index (Phi) is 6.47. The lowest BCUT2D eigenvalue weighted by molar-refractivity contribution is 0.215. The largest absolute Gasteiger partial charge is 0.297 e. The highest BCUT2D eigenvalue weighted by Crippen LogP contribution is 2.29. The summed E-state index contributed by atoms with van der Waals surface area (Å²) in [6.45, 7) is 6.87. The van der Waals surface area contributed by atoms with Gasteiger partial charge in [0.15, 0.2) is 0 Å². The van der Waals surface area contributed by atoms with Gasteiger partial charge in [-0.3, -0.25) is 4.90 Å². The van der Waals surface area contributed by atoms with Crippen LogP contribution in [0.15, 0.2) is 60.2 Å². The third-order valence-corrected chi connectivity index (χ3v) is 5.46. The van der Waals surface area contributed by atoms with Crippen molar-refractivity contribution in [1.29, 1.82) is 0 Å². The van der Waals surface area contributed by atoms with Crippen LogP contribution in [0, 0.1) is 0 Å². The molecule has 2 aromatic carbocycles. The van der Waals surface area contributed by atoms with E-state index in [0.29, 0.717) is 6.04 Å². The Morgan fingerprint density at radius 2 is 1.56 bits per heavy atom. The molecule has 0 radical (unpaired) electrons. The molecule has 0 N–H and O–H groups in total. The van der Waals surface area contributed by atoms with Crippen LogP contribution >= 0.6 is 0 Å². The fourth-order valence-corrected chi connectivity index (χ4v) is 4.05. The number of hydrogen-bond donors (Lipinski definition) is 0. The molecule has 1 aliphatic carbocycles. The van der Waals surface area contributed by atoms with Crippen molar-refractivity contribution in [2.75, 3.05) is 13.1 Å². The van der Waals surface area contributed by atoms with Crippen molar-refractivity contribution in [3.63, 3.8) is 0 Å². The van der Waals surface area contributed by atoms with Crippen LogP contribution < -0.4 is 0 Å². The summed E-state index contributed by atoms with van der Waals surface area (Å²) in [5.74, 6) is 0. The topological polar surface area (TPSA) is 3.24 Å². The van der Waals surface area contributed by atoms with Gasteiger partial charge in [-0.2, -0.15) is 0 Å². The summed E-state index contributed by atoms with van der Waals surface area (Å²) in [7, 11) is 0. The molecular formula is C24H31N. The average Bonchev–Trinajstić information content (AvgIpc) is 2.66. The van der Waals surface area contributed by atoms with Crippen LogP contribution in [0.4, 0.5) is 0 Å². The van der Waals surface area contributed by atoms with Crippen molar-refractivity contribution in [1.82, 2.24) is 4.90 Å². The van der Waals surface area contributed by atoms with E-state index in [9.17, 15) is 0 Å². The number of benzene rings is 2. The molecule has 0 saturated heterocycles. The molecule has 1 fully saturated rings. The molecule has 2 aromatic rings. The Hall–Kier alpha value is -1.86. The Balaban J connectivity index is 1.73. The molecule has 0 heterocycles. The number of nitrogens with zero attached hydrogens (tertiary/aromatic N) is 1. The first-order valence-electron chi connectivity index (χ1n) is 9.87.